The lowest BCUT2D eigenvalue weighted by atomic mass is 9.94. The number of aliphatic hydroxyl groups excluding tert-OH is 2. The van der Waals surface area contributed by atoms with E-state index in [4.69, 9.17) is 56.4 Å². The maximum Gasteiger partial charge on any atom is 0.263 e. The van der Waals surface area contributed by atoms with Gasteiger partial charge in [0.15, 0.2) is 45.0 Å². The summed E-state index contributed by atoms with van der Waals surface area (Å²) in [4.78, 5) is 35.4. The summed E-state index contributed by atoms with van der Waals surface area (Å²) in [5, 5.41) is 28.4. The Morgan fingerprint density at radius 1 is 0.427 bits per heavy atom. The second-order valence-electron chi connectivity index (χ2n) is 16.5. The molecule has 0 fully saturated rings. The third kappa shape index (κ3) is 11.2. The minimum atomic E-state index is -1.49. The van der Waals surface area contributed by atoms with Gasteiger partial charge in [-0.1, -0.05) is 132 Å². The Morgan fingerprint density at radius 3 is 1.21 bits per heavy atom. The SMILES string of the molecule is COc1ccccc1Oc1c(Cl)nc(-c2ncccn2)nc1OCC(O)C(OC(c1cccc2ccccc12)C(O)COc1nc(-c2ncccn2)nc(Cl)c1Oc1ccccc1OC)c1cccc2ccccc12. The molecule has 0 spiro atoms. The lowest BCUT2D eigenvalue weighted by Crippen LogP contribution is -2.34. The molecule has 0 radical (unpaired) electrons. The molecular weight excluding hydrogens is 1000 g/mol. The van der Waals surface area contributed by atoms with Gasteiger partial charge in [-0.15, -0.1) is 0 Å². The van der Waals surface area contributed by atoms with Gasteiger partial charge in [-0.2, -0.15) is 9.97 Å². The summed E-state index contributed by atoms with van der Waals surface area (Å²) in [6, 6.07) is 43.9. The van der Waals surface area contributed by atoms with E-state index in [0.717, 1.165) is 21.5 Å². The van der Waals surface area contributed by atoms with Crippen LogP contribution in [0.2, 0.25) is 10.3 Å². The number of hydrogen-bond acceptors (Lipinski definition) is 17. The van der Waals surface area contributed by atoms with Crippen molar-refractivity contribution in [2.45, 2.75) is 24.4 Å². The molecule has 0 aliphatic rings. The van der Waals surface area contributed by atoms with Crippen LogP contribution in [0.3, 0.4) is 0 Å². The fourth-order valence-electron chi connectivity index (χ4n) is 8.23. The molecular formula is C56H44Cl2N8O9. The van der Waals surface area contributed by atoms with Gasteiger partial charge in [0.25, 0.3) is 11.8 Å². The van der Waals surface area contributed by atoms with Crippen LogP contribution in [0.25, 0.3) is 44.8 Å². The predicted octanol–water partition coefficient (Wildman–Crippen LogP) is 11.1. The fourth-order valence-corrected chi connectivity index (χ4v) is 8.63. The molecule has 10 rings (SSSR count). The molecule has 2 N–H and O–H groups in total. The Bertz CT molecular complexity index is 3350. The minimum Gasteiger partial charge on any atom is -0.493 e. The van der Waals surface area contributed by atoms with Gasteiger partial charge in [0.1, 0.15) is 37.6 Å². The molecule has 376 valence electrons. The van der Waals surface area contributed by atoms with Crippen molar-refractivity contribution in [1.29, 1.82) is 0 Å². The first-order valence-corrected chi connectivity index (χ1v) is 24.1. The number of aromatic nitrogens is 8. The number of rotatable bonds is 20. The molecule has 19 heteroatoms. The van der Waals surface area contributed by atoms with Crippen molar-refractivity contribution in [3.8, 4) is 69.6 Å². The van der Waals surface area contributed by atoms with Crippen LogP contribution in [-0.2, 0) is 4.74 Å². The molecule has 0 aliphatic carbocycles. The summed E-state index contributed by atoms with van der Waals surface area (Å²) >= 11 is 13.7. The van der Waals surface area contributed by atoms with Gasteiger partial charge in [-0.3, -0.25) is 0 Å². The summed E-state index contributed by atoms with van der Waals surface area (Å²) in [5.74, 6) is 1.32. The smallest absolute Gasteiger partial charge is 0.263 e. The van der Waals surface area contributed by atoms with Crippen molar-refractivity contribution in [3.63, 3.8) is 0 Å². The minimum absolute atomic E-state index is 0.0308. The van der Waals surface area contributed by atoms with Crippen molar-refractivity contribution in [1.82, 2.24) is 39.9 Å². The quantitative estimate of drug-likeness (QED) is 0.0680. The lowest BCUT2D eigenvalue weighted by Gasteiger charge is -2.32. The number of para-hydroxylation sites is 4. The summed E-state index contributed by atoms with van der Waals surface area (Å²) in [7, 11) is 3.01. The van der Waals surface area contributed by atoms with Crippen LogP contribution in [0.1, 0.15) is 23.3 Å². The fraction of sp³-hybridized carbons (Fsp3) is 0.143. The number of halogens is 2. The summed E-state index contributed by atoms with van der Waals surface area (Å²) in [5.41, 5.74) is 1.16. The zero-order valence-corrected chi connectivity index (χ0v) is 41.5. The average Bonchev–Trinajstić information content (AvgIpc) is 3.46. The van der Waals surface area contributed by atoms with E-state index in [1.165, 1.54) is 39.0 Å². The van der Waals surface area contributed by atoms with E-state index in [9.17, 15) is 10.2 Å². The molecule has 4 heterocycles. The second kappa shape index (κ2) is 23.1. The molecule has 10 aromatic rings. The Balaban J connectivity index is 1.04. The number of nitrogens with zero attached hydrogens (tertiary/aromatic N) is 8. The molecule has 75 heavy (non-hydrogen) atoms. The number of fused-ring (bicyclic) bond motifs is 2. The van der Waals surface area contributed by atoms with Gasteiger partial charge in [0.05, 0.1) is 14.2 Å². The van der Waals surface area contributed by atoms with Crippen LogP contribution in [0.15, 0.2) is 170 Å². The van der Waals surface area contributed by atoms with Gasteiger partial charge < -0.3 is 43.4 Å². The number of benzene rings is 6. The highest BCUT2D eigenvalue weighted by molar-refractivity contribution is 6.31. The normalized spacial score (nSPS) is 12.9. The third-order valence-corrected chi connectivity index (χ3v) is 12.2. The van der Waals surface area contributed by atoms with Crippen LogP contribution < -0.4 is 28.4 Å². The lowest BCUT2D eigenvalue weighted by molar-refractivity contribution is -0.133. The Morgan fingerprint density at radius 2 is 0.800 bits per heavy atom. The van der Waals surface area contributed by atoms with Gasteiger partial charge >= 0.3 is 0 Å². The molecule has 0 amide bonds. The van der Waals surface area contributed by atoms with Gasteiger partial charge in [-0.05, 0) is 69.1 Å². The van der Waals surface area contributed by atoms with Crippen molar-refractivity contribution in [2.75, 3.05) is 27.4 Å². The largest absolute Gasteiger partial charge is 0.493 e. The maximum atomic E-state index is 12.7. The monoisotopic (exact) mass is 1040 g/mol. The molecule has 0 bridgehead atoms. The number of hydrogen-bond donors (Lipinski definition) is 2. The van der Waals surface area contributed by atoms with Crippen molar-refractivity contribution < 1.29 is 43.4 Å². The summed E-state index contributed by atoms with van der Waals surface area (Å²) < 4.78 is 43.7. The molecule has 4 atom stereocenters. The van der Waals surface area contributed by atoms with Crippen molar-refractivity contribution in [3.05, 3.63) is 192 Å². The third-order valence-electron chi connectivity index (χ3n) is 11.7. The molecule has 0 saturated heterocycles. The number of methoxy groups -OCH3 is 2. The predicted molar refractivity (Wildman–Crippen MR) is 280 cm³/mol. The number of ether oxygens (including phenoxy) is 7. The first-order chi connectivity index (χ1) is 36.8. The van der Waals surface area contributed by atoms with Crippen LogP contribution in [0.4, 0.5) is 0 Å². The van der Waals surface area contributed by atoms with Gasteiger partial charge in [0.2, 0.25) is 23.1 Å². The van der Waals surface area contributed by atoms with Gasteiger partial charge in [-0.25, -0.2) is 29.9 Å². The summed E-state index contributed by atoms with van der Waals surface area (Å²) in [6.07, 6.45) is 0.738. The van der Waals surface area contributed by atoms with Gasteiger partial charge in [0, 0.05) is 24.8 Å². The topological polar surface area (TPSA) is 208 Å². The van der Waals surface area contributed by atoms with E-state index in [-0.39, 0.29) is 68.4 Å². The van der Waals surface area contributed by atoms with Crippen LogP contribution in [0.5, 0.6) is 46.3 Å². The Labute approximate surface area is 439 Å². The number of aliphatic hydroxyl groups is 2. The van der Waals surface area contributed by atoms with E-state index < -0.39 is 37.6 Å². The van der Waals surface area contributed by atoms with Crippen LogP contribution >= 0.6 is 23.2 Å². The zero-order valence-electron chi connectivity index (χ0n) is 40.0. The molecule has 4 aromatic heterocycles. The average molecular weight is 1040 g/mol. The first-order valence-electron chi connectivity index (χ1n) is 23.3. The summed E-state index contributed by atoms with van der Waals surface area (Å²) in [6.45, 7) is -0.915. The van der Waals surface area contributed by atoms with E-state index in [1.54, 1.807) is 60.7 Å². The highest BCUT2D eigenvalue weighted by Crippen LogP contribution is 2.44. The molecule has 0 aliphatic heterocycles. The molecule has 4 unspecified atom stereocenters. The zero-order chi connectivity index (χ0) is 51.7. The van der Waals surface area contributed by atoms with E-state index in [2.05, 4.69) is 39.9 Å². The Kier molecular flexibility index (Phi) is 15.4. The second-order valence-corrected chi connectivity index (χ2v) is 17.2. The van der Waals surface area contributed by atoms with Crippen molar-refractivity contribution in [2.24, 2.45) is 0 Å². The van der Waals surface area contributed by atoms with E-state index >= 15 is 0 Å². The molecule has 0 saturated carbocycles. The maximum absolute atomic E-state index is 12.7. The van der Waals surface area contributed by atoms with Crippen LogP contribution in [-0.4, -0.2) is 89.7 Å². The highest BCUT2D eigenvalue weighted by Gasteiger charge is 2.35. The molecule has 17 nitrogen and oxygen atoms in total. The Hall–Kier alpha value is -8.58. The molecule has 6 aromatic carbocycles. The van der Waals surface area contributed by atoms with E-state index in [0.29, 0.717) is 22.6 Å². The standard InChI is InChI=1S/C56H44Cl2N8O9/c1-69-41-23-7-9-25-43(41)73-47-49(57)63-53(51-59-27-13-28-60-51)65-55(47)71-31-39(67)45(37-21-11-17-33-15-3-5-19-35(33)37)75-46(38-22-12-18-34-16-4-6-20-36(34)38)40(68)32-72-56-48(74-44-26-10-8-24-42(44)70-2)50(58)64-54(66-56)52-61-29-14-30-62-52/h3-30,39-40,45-46,67-68H,31-32H2,1-2H3. The first kappa shape index (κ1) is 50.0. The van der Waals surface area contributed by atoms with E-state index in [1.807, 2.05) is 84.9 Å². The highest BCUT2D eigenvalue weighted by atomic mass is 35.5. The van der Waals surface area contributed by atoms with Crippen molar-refractivity contribution >= 4 is 44.7 Å². The van der Waals surface area contributed by atoms with Crippen LogP contribution in [0, 0.1) is 0 Å².